The lowest BCUT2D eigenvalue weighted by Crippen LogP contribution is -2.37. The molecule has 2 atom stereocenters. The molecule has 7 heteroatoms. The summed E-state index contributed by atoms with van der Waals surface area (Å²) in [5, 5.41) is 8.86. The van der Waals surface area contributed by atoms with E-state index in [0.717, 1.165) is 6.07 Å². The van der Waals surface area contributed by atoms with Crippen molar-refractivity contribution in [1.29, 1.82) is 0 Å². The van der Waals surface area contributed by atoms with Gasteiger partial charge in [0.05, 0.1) is 17.5 Å². The first kappa shape index (κ1) is 15.7. The number of benzene rings is 1. The molecule has 1 aromatic carbocycles. The summed E-state index contributed by atoms with van der Waals surface area (Å²) in [5.74, 6) is -2.09. The summed E-state index contributed by atoms with van der Waals surface area (Å²) in [5.41, 5.74) is 0.143. The number of hydrogen-bond acceptors (Lipinski definition) is 3. The highest BCUT2D eigenvalue weighted by Crippen LogP contribution is 2.25. The quantitative estimate of drug-likeness (QED) is 0.925. The molecule has 2 rings (SSSR count). The monoisotopic (exact) mass is 315 g/mol. The Bertz CT molecular complexity index is 566. The van der Waals surface area contributed by atoms with Crippen LogP contribution in [0.1, 0.15) is 23.2 Å². The van der Waals surface area contributed by atoms with Crippen molar-refractivity contribution in [3.05, 3.63) is 34.6 Å². The lowest BCUT2D eigenvalue weighted by Gasteiger charge is -2.23. The Morgan fingerprint density at radius 2 is 2.24 bits per heavy atom. The van der Waals surface area contributed by atoms with Crippen LogP contribution in [0.25, 0.3) is 0 Å². The molecule has 0 radical (unpaired) electrons. The zero-order valence-electron chi connectivity index (χ0n) is 11.4. The van der Waals surface area contributed by atoms with Crippen molar-refractivity contribution in [2.45, 2.75) is 25.0 Å². The zero-order valence-corrected chi connectivity index (χ0v) is 12.1. The molecule has 1 fully saturated rings. The number of ether oxygens (including phenoxy) is 1. The SMILES string of the molecule is COC1CC(CC(=O)O)N(C(=O)c2ccc(Cl)c(F)c2)C1. The van der Waals surface area contributed by atoms with E-state index in [1.165, 1.54) is 24.1 Å². The van der Waals surface area contributed by atoms with Gasteiger partial charge < -0.3 is 14.7 Å². The minimum Gasteiger partial charge on any atom is -0.481 e. The highest BCUT2D eigenvalue weighted by molar-refractivity contribution is 6.30. The number of methoxy groups -OCH3 is 1. The Morgan fingerprint density at radius 1 is 1.52 bits per heavy atom. The van der Waals surface area contributed by atoms with Crippen LogP contribution in [0.15, 0.2) is 18.2 Å². The van der Waals surface area contributed by atoms with Crippen molar-refractivity contribution in [2.24, 2.45) is 0 Å². The van der Waals surface area contributed by atoms with Gasteiger partial charge in [-0.15, -0.1) is 0 Å². The van der Waals surface area contributed by atoms with E-state index in [1.54, 1.807) is 0 Å². The predicted molar refractivity (Wildman–Crippen MR) is 73.9 cm³/mol. The van der Waals surface area contributed by atoms with E-state index in [0.29, 0.717) is 6.42 Å². The molecular weight excluding hydrogens is 301 g/mol. The van der Waals surface area contributed by atoms with Gasteiger partial charge in [-0.25, -0.2) is 4.39 Å². The van der Waals surface area contributed by atoms with E-state index in [9.17, 15) is 14.0 Å². The summed E-state index contributed by atoms with van der Waals surface area (Å²) >= 11 is 5.59. The van der Waals surface area contributed by atoms with E-state index in [-0.39, 0.29) is 29.7 Å². The lowest BCUT2D eigenvalue weighted by atomic mass is 10.1. The van der Waals surface area contributed by atoms with Crippen LogP contribution in [0.2, 0.25) is 5.02 Å². The van der Waals surface area contributed by atoms with Crippen molar-refractivity contribution in [1.82, 2.24) is 4.90 Å². The third-order valence-corrected chi connectivity index (χ3v) is 3.85. The summed E-state index contributed by atoms with van der Waals surface area (Å²) in [6, 6.07) is 3.33. The molecule has 1 aliphatic heterocycles. The Balaban J connectivity index is 2.22. The average Bonchev–Trinajstić information content (AvgIpc) is 2.83. The van der Waals surface area contributed by atoms with Gasteiger partial charge in [-0.3, -0.25) is 9.59 Å². The van der Waals surface area contributed by atoms with Gasteiger partial charge in [-0.1, -0.05) is 11.6 Å². The van der Waals surface area contributed by atoms with Crippen molar-refractivity contribution in [3.63, 3.8) is 0 Å². The summed E-state index contributed by atoms with van der Waals surface area (Å²) in [4.78, 5) is 24.8. The highest BCUT2D eigenvalue weighted by atomic mass is 35.5. The minimum absolute atomic E-state index is 0.0650. The fourth-order valence-corrected chi connectivity index (χ4v) is 2.60. The standard InChI is InChI=1S/C14H15ClFNO4/c1-21-10-5-9(6-13(18)19)17(7-10)14(20)8-2-3-11(15)12(16)4-8/h2-4,9-10H,5-7H2,1H3,(H,18,19). The molecule has 1 amide bonds. The topological polar surface area (TPSA) is 66.8 Å². The Labute approximate surface area is 126 Å². The number of nitrogens with zero attached hydrogens (tertiary/aromatic N) is 1. The molecular formula is C14H15ClFNO4. The van der Waals surface area contributed by atoms with Crippen LogP contribution < -0.4 is 0 Å². The number of likely N-dealkylation sites (tertiary alicyclic amines) is 1. The van der Waals surface area contributed by atoms with E-state index in [1.807, 2.05) is 0 Å². The first-order valence-electron chi connectivity index (χ1n) is 6.43. The zero-order chi connectivity index (χ0) is 15.6. The second kappa shape index (κ2) is 6.41. The van der Waals surface area contributed by atoms with Crippen LogP contribution in [0.3, 0.4) is 0 Å². The van der Waals surface area contributed by atoms with Gasteiger partial charge in [0, 0.05) is 25.3 Å². The van der Waals surface area contributed by atoms with Gasteiger partial charge in [-0.05, 0) is 24.6 Å². The molecule has 5 nitrogen and oxygen atoms in total. The van der Waals surface area contributed by atoms with Crippen LogP contribution in [-0.2, 0) is 9.53 Å². The number of hydrogen-bond donors (Lipinski definition) is 1. The number of carboxylic acid groups (broad SMARTS) is 1. The predicted octanol–water partition coefficient (Wildman–Crippen LogP) is 2.18. The molecule has 114 valence electrons. The van der Waals surface area contributed by atoms with Crippen LogP contribution >= 0.6 is 11.6 Å². The fraction of sp³-hybridized carbons (Fsp3) is 0.429. The molecule has 0 saturated carbocycles. The number of rotatable bonds is 4. The Hall–Kier alpha value is -1.66. The van der Waals surface area contributed by atoms with Crippen LogP contribution in [0, 0.1) is 5.82 Å². The van der Waals surface area contributed by atoms with Crippen molar-refractivity contribution in [3.8, 4) is 0 Å². The molecule has 21 heavy (non-hydrogen) atoms. The normalized spacial score (nSPS) is 21.6. The Kier molecular flexibility index (Phi) is 4.80. The molecule has 1 saturated heterocycles. The molecule has 0 spiro atoms. The van der Waals surface area contributed by atoms with E-state index >= 15 is 0 Å². The van der Waals surface area contributed by atoms with E-state index in [4.69, 9.17) is 21.4 Å². The molecule has 0 aliphatic carbocycles. The number of carbonyl (C=O) groups is 2. The number of aliphatic carboxylic acids is 1. The summed E-state index contributed by atoms with van der Waals surface area (Å²) < 4.78 is 18.7. The van der Waals surface area contributed by atoms with Gasteiger partial charge in [0.1, 0.15) is 5.82 Å². The smallest absolute Gasteiger partial charge is 0.305 e. The van der Waals surface area contributed by atoms with Crippen LogP contribution in [0.5, 0.6) is 0 Å². The van der Waals surface area contributed by atoms with E-state index in [2.05, 4.69) is 0 Å². The summed E-state index contributed by atoms with van der Waals surface area (Å²) in [6.07, 6.45) is 0.0715. The number of amides is 1. The molecule has 0 bridgehead atoms. The molecule has 0 aromatic heterocycles. The molecule has 1 aliphatic rings. The van der Waals surface area contributed by atoms with Gasteiger partial charge in [0.25, 0.3) is 5.91 Å². The second-order valence-corrected chi connectivity index (χ2v) is 5.34. The van der Waals surface area contributed by atoms with Gasteiger partial charge in [0.2, 0.25) is 0 Å². The number of carboxylic acids is 1. The molecule has 1 aromatic rings. The number of halogens is 2. The third-order valence-electron chi connectivity index (χ3n) is 3.55. The van der Waals surface area contributed by atoms with Crippen LogP contribution in [0.4, 0.5) is 4.39 Å². The van der Waals surface area contributed by atoms with Crippen LogP contribution in [-0.4, -0.2) is 47.7 Å². The lowest BCUT2D eigenvalue weighted by molar-refractivity contribution is -0.137. The maximum Gasteiger partial charge on any atom is 0.305 e. The van der Waals surface area contributed by atoms with Crippen molar-refractivity contribution < 1.29 is 23.8 Å². The maximum atomic E-state index is 13.5. The molecule has 2 unspecified atom stereocenters. The van der Waals surface area contributed by atoms with Crippen molar-refractivity contribution in [2.75, 3.05) is 13.7 Å². The fourth-order valence-electron chi connectivity index (χ4n) is 2.48. The van der Waals surface area contributed by atoms with Gasteiger partial charge >= 0.3 is 5.97 Å². The third kappa shape index (κ3) is 3.51. The highest BCUT2D eigenvalue weighted by Gasteiger charge is 2.37. The summed E-state index contributed by atoms with van der Waals surface area (Å²) in [7, 11) is 1.51. The maximum absolute atomic E-state index is 13.5. The van der Waals surface area contributed by atoms with Gasteiger partial charge in [-0.2, -0.15) is 0 Å². The first-order chi connectivity index (χ1) is 9.92. The average molecular weight is 316 g/mol. The molecule has 1 N–H and O–H groups in total. The first-order valence-corrected chi connectivity index (χ1v) is 6.80. The summed E-state index contributed by atoms with van der Waals surface area (Å²) in [6.45, 7) is 0.289. The van der Waals surface area contributed by atoms with Gasteiger partial charge in [0.15, 0.2) is 0 Å². The Morgan fingerprint density at radius 3 is 2.81 bits per heavy atom. The number of carbonyl (C=O) groups excluding carboxylic acids is 1. The second-order valence-electron chi connectivity index (χ2n) is 4.93. The van der Waals surface area contributed by atoms with Crippen molar-refractivity contribution >= 4 is 23.5 Å². The minimum atomic E-state index is -0.989. The van der Waals surface area contributed by atoms with E-state index < -0.39 is 23.7 Å². The molecule has 1 heterocycles. The largest absolute Gasteiger partial charge is 0.481 e.